The summed E-state index contributed by atoms with van der Waals surface area (Å²) in [7, 11) is 1.50. The Morgan fingerprint density at radius 3 is 2.07 bits per heavy atom. The average Bonchev–Trinajstić information content (AvgIpc) is 2.71. The number of carbonyl (C=O) groups is 1. The molecule has 0 unspecified atom stereocenters. The predicted molar refractivity (Wildman–Crippen MR) is 102 cm³/mol. The first-order valence-corrected chi connectivity index (χ1v) is 8.48. The van der Waals surface area contributed by atoms with Crippen LogP contribution in [-0.2, 0) is 6.54 Å². The molecule has 0 aliphatic rings. The minimum atomic E-state index is -1.25. The first-order valence-electron chi connectivity index (χ1n) is 8.48. The Kier molecular flexibility index (Phi) is 5.89. The molecule has 134 valence electrons. The van der Waals surface area contributed by atoms with Gasteiger partial charge in [0.25, 0.3) is 0 Å². The molecule has 0 atom stereocenters. The number of benzene rings is 3. The van der Waals surface area contributed by atoms with Gasteiger partial charge < -0.3 is 19.2 Å². The van der Waals surface area contributed by atoms with Crippen LogP contribution in [0.4, 0.5) is 0 Å². The van der Waals surface area contributed by atoms with Gasteiger partial charge in [-0.15, -0.1) is 0 Å². The summed E-state index contributed by atoms with van der Waals surface area (Å²) in [6, 6.07) is 19.6. The van der Waals surface area contributed by atoms with Gasteiger partial charge in [-0.1, -0.05) is 36.4 Å². The number of hydrogen-bond acceptors (Lipinski definition) is 4. The van der Waals surface area contributed by atoms with Crippen LogP contribution in [0.2, 0.25) is 0 Å². The van der Waals surface area contributed by atoms with Gasteiger partial charge in [-0.2, -0.15) is 0 Å². The number of para-hydroxylation sites is 2. The number of hydrogen-bond donors (Lipinski definition) is 0. The number of carbonyl (C=O) groups excluding carboxylic acids is 1. The van der Waals surface area contributed by atoms with E-state index in [1.54, 1.807) is 6.07 Å². The third-order valence-electron chi connectivity index (χ3n) is 4.73. The number of carboxylic acids is 1. The van der Waals surface area contributed by atoms with E-state index in [-0.39, 0.29) is 40.5 Å². The second kappa shape index (κ2) is 8.19. The Hall–Kier alpha value is -2.60. The van der Waals surface area contributed by atoms with Crippen molar-refractivity contribution in [3.63, 3.8) is 0 Å². The molecule has 0 aliphatic heterocycles. The maximum Gasteiger partial charge on any atom is 1.00 e. The third-order valence-corrected chi connectivity index (χ3v) is 4.73. The average molecular weight is 381 g/mol. The first-order chi connectivity index (χ1) is 13.1. The van der Waals surface area contributed by atoms with E-state index in [0.717, 1.165) is 16.6 Å². The summed E-state index contributed by atoms with van der Waals surface area (Å²) in [4.78, 5) is 23.9. The van der Waals surface area contributed by atoms with E-state index in [2.05, 4.69) is 0 Å². The van der Waals surface area contributed by atoms with Crippen LogP contribution in [0.25, 0.3) is 21.8 Å². The van der Waals surface area contributed by atoms with Gasteiger partial charge in [-0.25, -0.2) is 0 Å². The number of methoxy groups -OCH3 is 1. The number of fused-ring (bicyclic) bond motifs is 2. The second-order valence-corrected chi connectivity index (χ2v) is 6.26. The Balaban J connectivity index is 0.00000225. The summed E-state index contributed by atoms with van der Waals surface area (Å²) in [5.74, 6) is -0.789. The van der Waals surface area contributed by atoms with Crippen LogP contribution in [0.1, 0.15) is 15.9 Å². The maximum absolute atomic E-state index is 12.8. The standard InChI is InChI=1S/C22H17NO4.Na/c1-27-20-12-14(22(25)26)10-11-15(20)13-23-18-8-4-2-6-16(18)21(24)17-7-3-5-9-19(17)23;/h2-12H,13H2,1H3,(H,25,26);/q;+1/p-1. The summed E-state index contributed by atoms with van der Waals surface area (Å²) in [6.45, 7) is 0.428. The minimum Gasteiger partial charge on any atom is -0.545 e. The van der Waals surface area contributed by atoms with E-state index < -0.39 is 5.97 Å². The van der Waals surface area contributed by atoms with Gasteiger partial charge >= 0.3 is 29.6 Å². The molecule has 0 saturated carbocycles. The largest absolute Gasteiger partial charge is 1.00 e. The summed E-state index contributed by atoms with van der Waals surface area (Å²) in [6.07, 6.45) is 0. The molecular weight excluding hydrogens is 365 g/mol. The summed E-state index contributed by atoms with van der Waals surface area (Å²) in [5, 5.41) is 12.4. The molecule has 1 heterocycles. The fourth-order valence-corrected chi connectivity index (χ4v) is 3.42. The number of aromatic carboxylic acids is 1. The predicted octanol–water partition coefficient (Wildman–Crippen LogP) is -0.421. The molecule has 1 aromatic heterocycles. The number of carboxylic acid groups (broad SMARTS) is 1. The molecule has 4 rings (SSSR count). The van der Waals surface area contributed by atoms with Crippen molar-refractivity contribution < 1.29 is 44.2 Å². The van der Waals surface area contributed by atoms with Crippen LogP contribution in [0.15, 0.2) is 71.5 Å². The third kappa shape index (κ3) is 3.44. The molecule has 0 radical (unpaired) electrons. The zero-order chi connectivity index (χ0) is 19.0. The maximum atomic E-state index is 12.8. The Labute approximate surface area is 183 Å². The minimum absolute atomic E-state index is 0. The molecule has 28 heavy (non-hydrogen) atoms. The van der Waals surface area contributed by atoms with Gasteiger partial charge in [0.2, 0.25) is 0 Å². The van der Waals surface area contributed by atoms with Crippen molar-refractivity contribution in [2.45, 2.75) is 6.54 Å². The molecule has 0 fully saturated rings. The second-order valence-electron chi connectivity index (χ2n) is 6.26. The quantitative estimate of drug-likeness (QED) is 0.356. The fraction of sp³-hybridized carbons (Fsp3) is 0.0909. The van der Waals surface area contributed by atoms with Crippen LogP contribution in [0, 0.1) is 0 Å². The normalized spacial score (nSPS) is 10.6. The first kappa shape index (κ1) is 20.1. The van der Waals surface area contributed by atoms with E-state index in [1.165, 1.54) is 19.2 Å². The number of aromatic nitrogens is 1. The zero-order valence-electron chi connectivity index (χ0n) is 15.6. The van der Waals surface area contributed by atoms with Crippen molar-refractivity contribution in [1.82, 2.24) is 4.57 Å². The molecule has 0 saturated heterocycles. The van der Waals surface area contributed by atoms with Gasteiger partial charge in [0.1, 0.15) is 5.75 Å². The number of pyridine rings is 1. The topological polar surface area (TPSA) is 71.4 Å². The van der Waals surface area contributed by atoms with Crippen molar-refractivity contribution in [1.29, 1.82) is 0 Å². The van der Waals surface area contributed by atoms with Crippen molar-refractivity contribution in [3.05, 3.63) is 88.1 Å². The molecule has 0 N–H and O–H groups in total. The molecule has 3 aromatic carbocycles. The van der Waals surface area contributed by atoms with Crippen molar-refractivity contribution in [3.8, 4) is 5.75 Å². The van der Waals surface area contributed by atoms with E-state index in [9.17, 15) is 14.7 Å². The van der Waals surface area contributed by atoms with E-state index in [0.29, 0.717) is 23.1 Å². The van der Waals surface area contributed by atoms with Crippen molar-refractivity contribution in [2.24, 2.45) is 0 Å². The van der Waals surface area contributed by atoms with Crippen molar-refractivity contribution in [2.75, 3.05) is 7.11 Å². The SMILES string of the molecule is COc1cc(C(=O)[O-])ccc1Cn1c2ccccc2c(=O)c2ccccc21.[Na+]. The van der Waals surface area contributed by atoms with Gasteiger partial charge in [0.15, 0.2) is 5.43 Å². The molecule has 0 aliphatic carbocycles. The molecular formula is C22H16NNaO4. The van der Waals surface area contributed by atoms with Gasteiger partial charge in [0.05, 0.1) is 30.7 Å². The van der Waals surface area contributed by atoms with Crippen LogP contribution in [0.3, 0.4) is 0 Å². The van der Waals surface area contributed by atoms with Gasteiger partial charge in [0, 0.05) is 21.9 Å². The molecule has 5 nitrogen and oxygen atoms in total. The van der Waals surface area contributed by atoms with E-state index in [1.807, 2.05) is 53.1 Å². The van der Waals surface area contributed by atoms with Crippen LogP contribution in [0.5, 0.6) is 5.75 Å². The summed E-state index contributed by atoms with van der Waals surface area (Å²) < 4.78 is 7.43. The molecule has 6 heteroatoms. The molecule has 0 spiro atoms. The van der Waals surface area contributed by atoms with Crippen molar-refractivity contribution >= 4 is 27.8 Å². The monoisotopic (exact) mass is 381 g/mol. The molecule has 0 bridgehead atoms. The summed E-state index contributed by atoms with van der Waals surface area (Å²) >= 11 is 0. The van der Waals surface area contributed by atoms with Crippen LogP contribution < -0.4 is 44.8 Å². The Morgan fingerprint density at radius 2 is 1.54 bits per heavy atom. The van der Waals surface area contributed by atoms with Gasteiger partial charge in [-0.3, -0.25) is 4.79 Å². The fourth-order valence-electron chi connectivity index (χ4n) is 3.42. The molecule has 0 amide bonds. The number of nitrogens with zero attached hydrogens (tertiary/aromatic N) is 1. The number of rotatable bonds is 4. The molecule has 4 aromatic rings. The van der Waals surface area contributed by atoms with E-state index >= 15 is 0 Å². The van der Waals surface area contributed by atoms with Crippen LogP contribution in [-0.4, -0.2) is 17.6 Å². The summed E-state index contributed by atoms with van der Waals surface area (Å²) in [5.41, 5.74) is 2.49. The zero-order valence-corrected chi connectivity index (χ0v) is 17.6. The Morgan fingerprint density at radius 1 is 0.964 bits per heavy atom. The Bertz CT molecular complexity index is 1190. The van der Waals surface area contributed by atoms with Crippen LogP contribution >= 0.6 is 0 Å². The number of ether oxygens (including phenoxy) is 1. The van der Waals surface area contributed by atoms with Gasteiger partial charge in [-0.05, 0) is 30.3 Å². The van der Waals surface area contributed by atoms with E-state index in [4.69, 9.17) is 4.74 Å². The smallest absolute Gasteiger partial charge is 0.545 e.